The Bertz CT molecular complexity index is 1160. The quantitative estimate of drug-likeness (QED) is 0.571. The van der Waals surface area contributed by atoms with Crippen molar-refractivity contribution < 1.29 is 4.79 Å². The van der Waals surface area contributed by atoms with Crippen LogP contribution < -0.4 is 10.9 Å². The molecule has 3 aromatic rings. The SMILES string of the molecule is Cc1c2cnn(-c3ccccc3)c(=O)c2c(C)n1CCCC(=O)NCCN1CCCC[C@@H]1C. The van der Waals surface area contributed by atoms with Gasteiger partial charge >= 0.3 is 0 Å². The number of aryl methyl sites for hydroxylation is 2. The molecular formula is C26H35N5O2. The third kappa shape index (κ3) is 5.03. The van der Waals surface area contributed by atoms with Gasteiger partial charge in [-0.15, -0.1) is 0 Å². The van der Waals surface area contributed by atoms with Crippen LogP contribution in [0.1, 0.15) is 50.4 Å². The maximum absolute atomic E-state index is 13.2. The zero-order chi connectivity index (χ0) is 23.4. The second-order valence-corrected chi connectivity index (χ2v) is 9.14. The molecule has 176 valence electrons. The van der Waals surface area contributed by atoms with E-state index in [1.807, 2.05) is 44.2 Å². The van der Waals surface area contributed by atoms with Crippen molar-refractivity contribution in [3.05, 3.63) is 58.3 Å². The van der Waals surface area contributed by atoms with Crippen LogP contribution >= 0.6 is 0 Å². The lowest BCUT2D eigenvalue weighted by atomic mass is 10.0. The van der Waals surface area contributed by atoms with E-state index in [4.69, 9.17) is 0 Å². The van der Waals surface area contributed by atoms with Crippen molar-refractivity contribution in [2.24, 2.45) is 0 Å². The number of rotatable bonds is 8. The summed E-state index contributed by atoms with van der Waals surface area (Å²) in [6.45, 7) is 9.74. The van der Waals surface area contributed by atoms with Crippen LogP contribution in [-0.2, 0) is 11.3 Å². The molecule has 1 aliphatic heterocycles. The Balaban J connectivity index is 1.37. The highest BCUT2D eigenvalue weighted by Gasteiger charge is 2.18. The molecule has 0 radical (unpaired) electrons. The molecule has 1 atom stereocenters. The summed E-state index contributed by atoms with van der Waals surface area (Å²) in [6, 6.07) is 10.1. The van der Waals surface area contributed by atoms with Crippen LogP contribution in [0.25, 0.3) is 16.5 Å². The van der Waals surface area contributed by atoms with E-state index >= 15 is 0 Å². The highest BCUT2D eigenvalue weighted by molar-refractivity contribution is 5.87. The molecular weight excluding hydrogens is 414 g/mol. The number of carbonyl (C=O) groups is 1. The number of nitrogens with one attached hydrogen (secondary N) is 1. The predicted molar refractivity (Wildman–Crippen MR) is 132 cm³/mol. The summed E-state index contributed by atoms with van der Waals surface area (Å²) >= 11 is 0. The van der Waals surface area contributed by atoms with Crippen LogP contribution in [-0.4, -0.2) is 50.8 Å². The summed E-state index contributed by atoms with van der Waals surface area (Å²) in [6.07, 6.45) is 6.81. The molecule has 3 heterocycles. The fourth-order valence-electron chi connectivity index (χ4n) is 5.01. The molecule has 0 unspecified atom stereocenters. The number of fused-ring (bicyclic) bond motifs is 1. The molecule has 4 rings (SSSR count). The minimum Gasteiger partial charge on any atom is -0.355 e. The predicted octanol–water partition coefficient (Wildman–Crippen LogP) is 3.57. The van der Waals surface area contributed by atoms with Crippen LogP contribution in [0.3, 0.4) is 0 Å². The largest absolute Gasteiger partial charge is 0.355 e. The van der Waals surface area contributed by atoms with Crippen molar-refractivity contribution in [1.82, 2.24) is 24.6 Å². The van der Waals surface area contributed by atoms with Crippen LogP contribution in [0.4, 0.5) is 0 Å². The second kappa shape index (κ2) is 10.3. The van der Waals surface area contributed by atoms with Gasteiger partial charge in [-0.1, -0.05) is 24.6 Å². The van der Waals surface area contributed by atoms with E-state index in [-0.39, 0.29) is 11.5 Å². The van der Waals surface area contributed by atoms with E-state index in [2.05, 4.69) is 26.8 Å². The molecule has 1 aromatic carbocycles. The average Bonchev–Trinajstić information content (AvgIpc) is 3.06. The van der Waals surface area contributed by atoms with E-state index in [1.54, 1.807) is 6.20 Å². The van der Waals surface area contributed by atoms with Crippen molar-refractivity contribution in [3.8, 4) is 5.69 Å². The summed E-state index contributed by atoms with van der Waals surface area (Å²) in [5.41, 5.74) is 2.60. The molecule has 7 heteroatoms. The lowest BCUT2D eigenvalue weighted by Crippen LogP contribution is -2.42. The summed E-state index contributed by atoms with van der Waals surface area (Å²) in [5, 5.41) is 9.05. The molecule has 1 aliphatic rings. The molecule has 1 N–H and O–H groups in total. The zero-order valence-corrected chi connectivity index (χ0v) is 20.0. The van der Waals surface area contributed by atoms with Crippen molar-refractivity contribution in [1.29, 1.82) is 0 Å². The number of para-hydroxylation sites is 1. The van der Waals surface area contributed by atoms with Gasteiger partial charge in [0, 0.05) is 48.9 Å². The van der Waals surface area contributed by atoms with Gasteiger partial charge in [-0.05, 0) is 58.7 Å². The minimum atomic E-state index is -0.109. The maximum atomic E-state index is 13.2. The Morgan fingerprint density at radius 3 is 2.67 bits per heavy atom. The Hall–Kier alpha value is -2.93. The van der Waals surface area contributed by atoms with Crippen molar-refractivity contribution in [2.45, 2.75) is 65.5 Å². The van der Waals surface area contributed by atoms with E-state index in [1.165, 1.54) is 23.9 Å². The van der Waals surface area contributed by atoms with Gasteiger partial charge in [0.2, 0.25) is 5.91 Å². The topological polar surface area (TPSA) is 72.2 Å². The summed E-state index contributed by atoms with van der Waals surface area (Å²) in [4.78, 5) is 28.0. The monoisotopic (exact) mass is 449 g/mol. The summed E-state index contributed by atoms with van der Waals surface area (Å²) < 4.78 is 3.60. The van der Waals surface area contributed by atoms with Gasteiger partial charge in [0.05, 0.1) is 17.3 Å². The Labute approximate surface area is 195 Å². The molecule has 7 nitrogen and oxygen atoms in total. The molecule has 1 fully saturated rings. The lowest BCUT2D eigenvalue weighted by Gasteiger charge is -2.33. The van der Waals surface area contributed by atoms with Gasteiger partial charge in [0.15, 0.2) is 0 Å². The second-order valence-electron chi connectivity index (χ2n) is 9.14. The normalized spacial score (nSPS) is 16.9. The Kier molecular flexibility index (Phi) is 7.28. The number of hydrogen-bond donors (Lipinski definition) is 1. The third-order valence-corrected chi connectivity index (χ3v) is 6.99. The van der Waals surface area contributed by atoms with Crippen LogP contribution in [0.2, 0.25) is 0 Å². The van der Waals surface area contributed by atoms with Gasteiger partial charge in [-0.3, -0.25) is 14.5 Å². The fraction of sp³-hybridized carbons (Fsp3) is 0.500. The van der Waals surface area contributed by atoms with Crippen molar-refractivity contribution in [3.63, 3.8) is 0 Å². The number of carbonyl (C=O) groups excluding carboxylic acids is 1. The Morgan fingerprint density at radius 2 is 1.91 bits per heavy atom. The number of piperidine rings is 1. The van der Waals surface area contributed by atoms with Gasteiger partial charge in [-0.25, -0.2) is 0 Å². The first-order valence-corrected chi connectivity index (χ1v) is 12.1. The zero-order valence-electron chi connectivity index (χ0n) is 20.0. The molecule has 0 aliphatic carbocycles. The Morgan fingerprint density at radius 1 is 1.12 bits per heavy atom. The van der Waals surface area contributed by atoms with E-state index < -0.39 is 0 Å². The van der Waals surface area contributed by atoms with Gasteiger partial charge in [-0.2, -0.15) is 9.78 Å². The molecule has 2 aromatic heterocycles. The number of benzene rings is 1. The fourth-order valence-corrected chi connectivity index (χ4v) is 5.01. The van der Waals surface area contributed by atoms with Crippen molar-refractivity contribution >= 4 is 16.7 Å². The maximum Gasteiger partial charge on any atom is 0.281 e. The molecule has 0 spiro atoms. The molecule has 0 saturated carbocycles. The number of amides is 1. The van der Waals surface area contributed by atoms with Gasteiger partial charge in [0.25, 0.3) is 5.56 Å². The molecule has 1 amide bonds. The molecule has 1 saturated heterocycles. The standard InChI is InChI=1S/C26H35N5O2/c1-19-10-7-8-15-29(19)17-14-27-24(32)13-9-16-30-20(2)23-18-28-31(22-11-5-4-6-12-22)26(33)25(23)21(30)3/h4-6,11-12,18-19H,7-10,13-17H2,1-3H3,(H,27,32)/t19-/m0/s1. The van der Waals surface area contributed by atoms with E-state index in [0.29, 0.717) is 30.9 Å². The van der Waals surface area contributed by atoms with Crippen LogP contribution in [0, 0.1) is 13.8 Å². The highest BCUT2D eigenvalue weighted by atomic mass is 16.1. The molecule has 0 bridgehead atoms. The smallest absolute Gasteiger partial charge is 0.281 e. The van der Waals surface area contributed by atoms with Crippen molar-refractivity contribution in [2.75, 3.05) is 19.6 Å². The van der Waals surface area contributed by atoms with Gasteiger partial charge in [0.1, 0.15) is 0 Å². The first-order valence-electron chi connectivity index (χ1n) is 12.1. The number of aromatic nitrogens is 3. The minimum absolute atomic E-state index is 0.0970. The summed E-state index contributed by atoms with van der Waals surface area (Å²) in [5.74, 6) is 0.0970. The molecule has 33 heavy (non-hydrogen) atoms. The number of nitrogens with zero attached hydrogens (tertiary/aromatic N) is 4. The number of hydrogen-bond acceptors (Lipinski definition) is 4. The van der Waals surface area contributed by atoms with E-state index in [0.717, 1.165) is 42.0 Å². The third-order valence-electron chi connectivity index (χ3n) is 6.99. The highest BCUT2D eigenvalue weighted by Crippen LogP contribution is 2.23. The van der Waals surface area contributed by atoms with Gasteiger partial charge < -0.3 is 9.88 Å². The first-order chi connectivity index (χ1) is 16.0. The number of likely N-dealkylation sites (tertiary alicyclic amines) is 1. The lowest BCUT2D eigenvalue weighted by molar-refractivity contribution is -0.121. The van der Waals surface area contributed by atoms with Crippen LogP contribution in [0.15, 0.2) is 41.3 Å². The average molecular weight is 450 g/mol. The van der Waals surface area contributed by atoms with E-state index in [9.17, 15) is 9.59 Å². The summed E-state index contributed by atoms with van der Waals surface area (Å²) in [7, 11) is 0. The van der Waals surface area contributed by atoms with Crippen LogP contribution in [0.5, 0.6) is 0 Å². The first kappa shape index (κ1) is 23.2.